The second-order valence-electron chi connectivity index (χ2n) is 11.0. The van der Waals surface area contributed by atoms with Gasteiger partial charge < -0.3 is 19.7 Å². The molecule has 0 spiro atoms. The number of rotatable bonds is 6. The van der Waals surface area contributed by atoms with E-state index in [0.717, 1.165) is 24.1 Å². The summed E-state index contributed by atoms with van der Waals surface area (Å²) in [6.07, 6.45) is 4.30. The van der Waals surface area contributed by atoms with Crippen LogP contribution in [0.4, 0.5) is 15.3 Å². The van der Waals surface area contributed by atoms with E-state index in [2.05, 4.69) is 15.3 Å². The first-order valence-corrected chi connectivity index (χ1v) is 11.8. The Morgan fingerprint density at radius 3 is 2.44 bits per heavy atom. The van der Waals surface area contributed by atoms with E-state index >= 15 is 0 Å². The van der Waals surface area contributed by atoms with Crippen molar-refractivity contribution in [1.29, 1.82) is 5.53 Å². The Bertz CT molecular complexity index is 1000. The minimum absolute atomic E-state index is 0.217. The summed E-state index contributed by atoms with van der Waals surface area (Å²) in [6, 6.07) is 1.89. The molecule has 1 amide bonds. The fraction of sp³-hybridized carbons (Fsp3) is 0.667. The largest absolute Gasteiger partial charge is 0.444 e. The molecule has 0 atom stereocenters. The predicted molar refractivity (Wildman–Crippen MR) is 129 cm³/mol. The first-order chi connectivity index (χ1) is 15.9. The third kappa shape index (κ3) is 6.70. The van der Waals surface area contributed by atoms with Crippen molar-refractivity contribution in [1.82, 2.24) is 14.4 Å². The maximum atomic E-state index is 13.3. The zero-order chi connectivity index (χ0) is 25.1. The van der Waals surface area contributed by atoms with Crippen molar-refractivity contribution in [3.05, 3.63) is 23.0 Å². The highest BCUT2D eigenvalue weighted by atomic mass is 16.6. The Morgan fingerprint density at radius 2 is 1.88 bits per heavy atom. The Morgan fingerprint density at radius 1 is 1.21 bits per heavy atom. The number of hydrogen-bond donors (Lipinski definition) is 2. The van der Waals surface area contributed by atoms with E-state index in [4.69, 9.17) is 15.0 Å². The molecule has 2 N–H and O–H groups in total. The van der Waals surface area contributed by atoms with Crippen molar-refractivity contribution < 1.29 is 19.1 Å². The average molecular weight is 474 g/mol. The van der Waals surface area contributed by atoms with Gasteiger partial charge in [0, 0.05) is 13.1 Å². The highest BCUT2D eigenvalue weighted by molar-refractivity contribution is 5.83. The Labute approximate surface area is 200 Å². The standard InChI is InChI=1S/C24H37N6O4/c1-23(2,3)33-21(31)29(14-16-8-7-9-16)15-18-11-19-20(10-17(12-26-19)13-27-28-25)30(18)22(32)34-24(4,5)6/h10-11,16,25-26H,7-9,12-15H2,1-6H3/q+1. The number of nitrogens with zero attached hydrogens (tertiary/aromatic N) is 4. The van der Waals surface area contributed by atoms with Crippen LogP contribution >= 0.6 is 0 Å². The fourth-order valence-electron chi connectivity index (χ4n) is 3.90. The molecule has 3 rings (SSSR count). The van der Waals surface area contributed by atoms with Gasteiger partial charge in [-0.3, -0.25) is 0 Å². The van der Waals surface area contributed by atoms with Crippen LogP contribution < -0.4 is 10.2 Å². The predicted octanol–water partition coefficient (Wildman–Crippen LogP) is 5.17. The Balaban J connectivity index is 1.98. The number of fused-ring (bicyclic) bond motifs is 1. The zero-order valence-electron chi connectivity index (χ0n) is 21.1. The van der Waals surface area contributed by atoms with Gasteiger partial charge >= 0.3 is 12.2 Å². The molecule has 10 heteroatoms. The Kier molecular flexibility index (Phi) is 7.51. The summed E-state index contributed by atoms with van der Waals surface area (Å²) in [5.41, 5.74) is 8.55. The van der Waals surface area contributed by atoms with Gasteiger partial charge in [-0.05, 0) is 78.0 Å². The van der Waals surface area contributed by atoms with Crippen LogP contribution in [0.1, 0.15) is 72.2 Å². The molecule has 0 radical (unpaired) electrons. The van der Waals surface area contributed by atoms with Crippen molar-refractivity contribution in [3.63, 3.8) is 0 Å². The van der Waals surface area contributed by atoms with Crippen LogP contribution in [0.5, 0.6) is 0 Å². The van der Waals surface area contributed by atoms with Crippen molar-refractivity contribution in [2.45, 2.75) is 78.6 Å². The number of amides is 1. The smallest absolute Gasteiger partial charge is 0.419 e. The lowest BCUT2D eigenvalue weighted by Gasteiger charge is -2.34. The number of anilines is 1. The molecule has 34 heavy (non-hydrogen) atoms. The molecule has 2 heterocycles. The van der Waals surface area contributed by atoms with Crippen LogP contribution in [-0.2, 0) is 16.0 Å². The van der Waals surface area contributed by atoms with Gasteiger partial charge in [0.25, 0.3) is 0 Å². The summed E-state index contributed by atoms with van der Waals surface area (Å²) in [7, 11) is 0. The maximum absolute atomic E-state index is 13.3. The summed E-state index contributed by atoms with van der Waals surface area (Å²) in [4.78, 5) is 31.1. The Hall–Kier alpha value is -3.13. The monoisotopic (exact) mass is 473 g/mol. The van der Waals surface area contributed by atoms with Gasteiger partial charge in [-0.1, -0.05) is 6.42 Å². The maximum Gasteiger partial charge on any atom is 0.419 e. The number of nitrogens with one attached hydrogen (secondary N) is 2. The van der Waals surface area contributed by atoms with E-state index in [1.807, 2.05) is 53.7 Å². The molecular weight excluding hydrogens is 436 g/mol. The highest BCUT2D eigenvalue weighted by Gasteiger charge is 2.31. The number of carbonyl (C=O) groups excluding carboxylic acids is 2. The van der Waals surface area contributed by atoms with Crippen molar-refractivity contribution in [3.8, 4) is 0 Å². The molecule has 1 aromatic heterocycles. The quantitative estimate of drug-likeness (QED) is 0.436. The van der Waals surface area contributed by atoms with Gasteiger partial charge in [-0.25, -0.2) is 14.2 Å². The highest BCUT2D eigenvalue weighted by Crippen LogP contribution is 2.32. The molecule has 2 aliphatic rings. The lowest BCUT2D eigenvalue weighted by atomic mass is 9.85. The summed E-state index contributed by atoms with van der Waals surface area (Å²) in [6.45, 7) is 12.6. The second-order valence-corrected chi connectivity index (χ2v) is 11.0. The van der Waals surface area contributed by atoms with Gasteiger partial charge in [0.05, 0.1) is 23.6 Å². The van der Waals surface area contributed by atoms with Crippen LogP contribution in [0.25, 0.3) is 6.08 Å². The molecule has 1 fully saturated rings. The SMILES string of the molecule is CC(C)(C)OC(=O)N(Cc1cc2c(n1C(=O)OC(C)(C)C)C=C(CN=[N+]=N)CN2)CC1CCC1. The molecule has 1 saturated carbocycles. The van der Waals surface area contributed by atoms with E-state index in [1.165, 1.54) is 11.0 Å². The fourth-order valence-corrected chi connectivity index (χ4v) is 3.90. The minimum atomic E-state index is -0.684. The van der Waals surface area contributed by atoms with Gasteiger partial charge in [0.15, 0.2) is 0 Å². The van der Waals surface area contributed by atoms with Gasteiger partial charge in [0.2, 0.25) is 4.91 Å². The molecule has 1 aromatic rings. The third-order valence-electron chi connectivity index (χ3n) is 5.59. The molecule has 1 aliphatic heterocycles. The van der Waals surface area contributed by atoms with Gasteiger partial charge in [-0.15, -0.1) is 0 Å². The van der Waals surface area contributed by atoms with Crippen LogP contribution in [0.15, 0.2) is 16.8 Å². The first kappa shape index (κ1) is 25.5. The molecule has 0 bridgehead atoms. The van der Waals surface area contributed by atoms with Crippen molar-refractivity contribution >= 4 is 23.9 Å². The zero-order valence-corrected chi connectivity index (χ0v) is 21.1. The number of hydrogen-bond acceptors (Lipinski definition) is 7. The second kappa shape index (κ2) is 10.0. The molecule has 0 aromatic carbocycles. The van der Waals surface area contributed by atoms with E-state index in [0.29, 0.717) is 30.4 Å². The lowest BCUT2D eigenvalue weighted by molar-refractivity contribution is 0.0162. The van der Waals surface area contributed by atoms with Crippen molar-refractivity contribution in [2.24, 2.45) is 11.0 Å². The topological polar surface area (TPSA) is 123 Å². The van der Waals surface area contributed by atoms with Gasteiger partial charge in [0.1, 0.15) is 28.4 Å². The van der Waals surface area contributed by atoms with E-state index in [1.54, 1.807) is 4.90 Å². The summed E-state index contributed by atoms with van der Waals surface area (Å²) in [5, 5.41) is 7.06. The lowest BCUT2D eigenvalue weighted by Crippen LogP contribution is -2.41. The molecule has 0 unspecified atom stereocenters. The summed E-state index contributed by atoms with van der Waals surface area (Å²) >= 11 is 0. The van der Waals surface area contributed by atoms with Crippen molar-refractivity contribution in [2.75, 3.05) is 25.0 Å². The van der Waals surface area contributed by atoms with Gasteiger partial charge in [-0.2, -0.15) is 0 Å². The number of ether oxygens (including phenoxy) is 2. The van der Waals surface area contributed by atoms with E-state index in [9.17, 15) is 9.59 Å². The summed E-state index contributed by atoms with van der Waals surface area (Å²) < 4.78 is 12.9. The number of aromatic nitrogens is 1. The van der Waals surface area contributed by atoms with Crippen LogP contribution in [0.3, 0.4) is 0 Å². The molecular formula is C24H37N6O4+. The van der Waals surface area contributed by atoms with E-state index < -0.39 is 23.4 Å². The molecule has 1 aliphatic carbocycles. The normalized spacial score (nSPS) is 15.8. The molecule has 10 nitrogen and oxygen atoms in total. The molecule has 0 saturated heterocycles. The van der Waals surface area contributed by atoms with E-state index in [-0.39, 0.29) is 13.1 Å². The molecule has 186 valence electrons. The third-order valence-corrected chi connectivity index (χ3v) is 5.59. The minimum Gasteiger partial charge on any atom is -0.444 e. The summed E-state index contributed by atoms with van der Waals surface area (Å²) in [5.74, 6) is 0.437. The number of carbonyl (C=O) groups is 2. The van der Waals surface area contributed by atoms with Crippen LogP contribution in [-0.4, -0.2) is 52.5 Å². The average Bonchev–Trinajstić information content (AvgIpc) is 3.02. The first-order valence-electron chi connectivity index (χ1n) is 11.8. The van der Waals surface area contributed by atoms with Crippen LogP contribution in [0.2, 0.25) is 0 Å². The van der Waals surface area contributed by atoms with Crippen LogP contribution in [0, 0.1) is 11.4 Å².